The lowest BCUT2D eigenvalue weighted by Crippen LogP contribution is -2.53. The lowest BCUT2D eigenvalue weighted by atomic mass is 9.93. The van der Waals surface area contributed by atoms with Gasteiger partial charge in [0, 0.05) is 32.2 Å². The van der Waals surface area contributed by atoms with Crippen LogP contribution in [0.3, 0.4) is 0 Å². The summed E-state index contributed by atoms with van der Waals surface area (Å²) in [5.74, 6) is 0.143. The highest BCUT2D eigenvalue weighted by Gasteiger charge is 2.27. The Morgan fingerprint density at radius 2 is 1.51 bits per heavy atom. The number of hydrogen-bond donors (Lipinski definition) is 1. The maximum absolute atomic E-state index is 13.6. The monoisotopic (exact) mass is 479 g/mol. The summed E-state index contributed by atoms with van der Waals surface area (Å²) in [6, 6.07) is 14.7. The Morgan fingerprint density at radius 3 is 2.06 bits per heavy atom. The van der Waals surface area contributed by atoms with Crippen molar-refractivity contribution in [3.8, 4) is 11.5 Å². The first-order chi connectivity index (χ1) is 16.9. The van der Waals surface area contributed by atoms with Crippen LogP contribution in [-0.4, -0.2) is 76.3 Å². The Labute approximate surface area is 206 Å². The molecular weight excluding hydrogens is 446 g/mol. The van der Waals surface area contributed by atoms with Gasteiger partial charge in [0.15, 0.2) is 0 Å². The van der Waals surface area contributed by atoms with Crippen LogP contribution < -0.4 is 14.9 Å². The Bertz CT molecular complexity index is 1080. The minimum atomic E-state index is -0.611. The van der Waals surface area contributed by atoms with Crippen molar-refractivity contribution >= 4 is 23.5 Å². The van der Waals surface area contributed by atoms with E-state index in [9.17, 15) is 9.59 Å². The molecule has 0 bridgehead atoms. The van der Waals surface area contributed by atoms with Gasteiger partial charge >= 0.3 is 5.97 Å². The molecule has 1 amide bonds. The standard InChI is InChI=1S/C27H33N3O5/c1-19(21-16-22(33-3)18-23(17-21)34-4)25(27(32)35-5)24(15-20-9-7-6-8-10-20)26(31)28-30-13-11-29(2)12-14-30/h6-10,15-18H,11-14H2,1-5H3,(H,28,31)/b24-15-,25-19-. The first-order valence-corrected chi connectivity index (χ1v) is 11.4. The van der Waals surface area contributed by atoms with E-state index < -0.39 is 5.97 Å². The molecule has 0 spiro atoms. The minimum Gasteiger partial charge on any atom is -0.497 e. The Morgan fingerprint density at radius 1 is 0.914 bits per heavy atom. The number of esters is 1. The van der Waals surface area contributed by atoms with Gasteiger partial charge in [0.05, 0.1) is 32.5 Å². The van der Waals surface area contributed by atoms with Gasteiger partial charge in [-0.1, -0.05) is 30.3 Å². The van der Waals surface area contributed by atoms with Crippen molar-refractivity contribution in [3.05, 3.63) is 70.8 Å². The fourth-order valence-corrected chi connectivity index (χ4v) is 3.82. The highest BCUT2D eigenvalue weighted by Crippen LogP contribution is 2.32. The number of nitrogens with one attached hydrogen (secondary N) is 1. The Hall–Kier alpha value is -3.62. The summed E-state index contributed by atoms with van der Waals surface area (Å²) in [6.07, 6.45) is 1.71. The second-order valence-electron chi connectivity index (χ2n) is 8.29. The fraction of sp³-hybridized carbons (Fsp3) is 0.333. The minimum absolute atomic E-state index is 0.165. The highest BCUT2D eigenvalue weighted by atomic mass is 16.5. The van der Waals surface area contributed by atoms with Gasteiger partial charge in [-0.05, 0) is 48.9 Å². The number of hydrazine groups is 1. The van der Waals surface area contributed by atoms with E-state index in [-0.39, 0.29) is 17.1 Å². The largest absolute Gasteiger partial charge is 0.497 e. The average molecular weight is 480 g/mol. The van der Waals surface area contributed by atoms with Gasteiger partial charge < -0.3 is 19.1 Å². The molecule has 0 radical (unpaired) electrons. The third-order valence-corrected chi connectivity index (χ3v) is 5.94. The van der Waals surface area contributed by atoms with Gasteiger partial charge in [-0.3, -0.25) is 10.2 Å². The number of benzene rings is 2. The van der Waals surface area contributed by atoms with E-state index >= 15 is 0 Å². The molecule has 8 nitrogen and oxygen atoms in total. The Balaban J connectivity index is 2.13. The second-order valence-corrected chi connectivity index (χ2v) is 8.29. The SMILES string of the molecule is COC(=O)C(/C(=C/c1ccccc1)C(=O)NN1CCN(C)CC1)=C(/C)c1cc(OC)cc(OC)c1. The Kier molecular flexibility index (Phi) is 9.05. The number of carbonyl (C=O) groups excluding carboxylic acids is 2. The van der Waals surface area contributed by atoms with Gasteiger partial charge in [0.1, 0.15) is 11.5 Å². The normalized spacial score (nSPS) is 15.7. The number of nitrogens with zero attached hydrogens (tertiary/aromatic N) is 2. The van der Waals surface area contributed by atoms with E-state index in [0.29, 0.717) is 35.7 Å². The number of likely N-dealkylation sites (N-methyl/N-ethyl adjacent to an activating group) is 1. The maximum Gasteiger partial charge on any atom is 0.338 e. The molecular formula is C27H33N3O5. The molecule has 186 valence electrons. The van der Waals surface area contributed by atoms with Crippen LogP contribution in [0.5, 0.6) is 11.5 Å². The molecule has 8 heteroatoms. The van der Waals surface area contributed by atoms with E-state index in [0.717, 1.165) is 18.7 Å². The number of hydrogen-bond acceptors (Lipinski definition) is 7. The molecule has 1 saturated heterocycles. The molecule has 0 aliphatic carbocycles. The fourth-order valence-electron chi connectivity index (χ4n) is 3.82. The van der Waals surface area contributed by atoms with E-state index in [1.165, 1.54) is 7.11 Å². The lowest BCUT2D eigenvalue weighted by molar-refractivity contribution is -0.136. The molecule has 0 aromatic heterocycles. The molecule has 2 aromatic carbocycles. The third kappa shape index (κ3) is 6.71. The number of rotatable bonds is 8. The molecule has 1 aliphatic heterocycles. The number of ether oxygens (including phenoxy) is 3. The molecule has 0 saturated carbocycles. The topological polar surface area (TPSA) is 80.3 Å². The van der Waals surface area contributed by atoms with Crippen molar-refractivity contribution in [3.63, 3.8) is 0 Å². The van der Waals surface area contributed by atoms with E-state index in [1.54, 1.807) is 45.4 Å². The number of amides is 1. The molecule has 0 unspecified atom stereocenters. The zero-order valence-electron chi connectivity index (χ0n) is 21.0. The number of allylic oxidation sites excluding steroid dienone is 1. The molecule has 1 heterocycles. The summed E-state index contributed by atoms with van der Waals surface area (Å²) < 4.78 is 15.9. The van der Waals surface area contributed by atoms with Gasteiger partial charge in [0.2, 0.25) is 0 Å². The van der Waals surface area contributed by atoms with Crippen molar-refractivity contribution in [1.82, 2.24) is 15.3 Å². The van der Waals surface area contributed by atoms with Crippen LogP contribution in [0.2, 0.25) is 0 Å². The number of carbonyl (C=O) groups is 2. The van der Waals surface area contributed by atoms with Crippen molar-refractivity contribution in [2.24, 2.45) is 0 Å². The molecule has 35 heavy (non-hydrogen) atoms. The summed E-state index contributed by atoms with van der Waals surface area (Å²) in [4.78, 5) is 28.9. The van der Waals surface area contributed by atoms with Crippen LogP contribution in [0.1, 0.15) is 18.1 Å². The summed E-state index contributed by atoms with van der Waals surface area (Å²) in [5.41, 5.74) is 5.37. The summed E-state index contributed by atoms with van der Waals surface area (Å²) in [6.45, 7) is 4.82. The average Bonchev–Trinajstić information content (AvgIpc) is 2.89. The quantitative estimate of drug-likeness (QED) is 0.354. The first-order valence-electron chi connectivity index (χ1n) is 11.4. The number of methoxy groups -OCH3 is 3. The second kappa shape index (κ2) is 12.2. The smallest absolute Gasteiger partial charge is 0.338 e. The summed E-state index contributed by atoms with van der Waals surface area (Å²) in [5, 5.41) is 1.87. The van der Waals surface area contributed by atoms with Crippen LogP contribution in [0.25, 0.3) is 11.6 Å². The van der Waals surface area contributed by atoms with E-state index in [4.69, 9.17) is 14.2 Å². The van der Waals surface area contributed by atoms with Crippen LogP contribution >= 0.6 is 0 Å². The molecule has 1 fully saturated rings. The van der Waals surface area contributed by atoms with Gasteiger partial charge in [-0.15, -0.1) is 0 Å². The first kappa shape index (κ1) is 26.0. The predicted molar refractivity (Wildman–Crippen MR) is 136 cm³/mol. The highest BCUT2D eigenvalue weighted by molar-refractivity contribution is 6.16. The van der Waals surface area contributed by atoms with Crippen molar-refractivity contribution in [1.29, 1.82) is 0 Å². The molecule has 3 rings (SSSR count). The number of piperazine rings is 1. The van der Waals surface area contributed by atoms with Gasteiger partial charge in [0.25, 0.3) is 5.91 Å². The maximum atomic E-state index is 13.6. The van der Waals surface area contributed by atoms with Crippen LogP contribution in [0, 0.1) is 0 Å². The molecule has 1 N–H and O–H groups in total. The van der Waals surface area contributed by atoms with Gasteiger partial charge in [-0.2, -0.15) is 0 Å². The molecule has 2 aromatic rings. The van der Waals surface area contributed by atoms with Crippen LogP contribution in [-0.2, 0) is 14.3 Å². The summed E-state index contributed by atoms with van der Waals surface area (Å²) in [7, 11) is 6.47. The third-order valence-electron chi connectivity index (χ3n) is 5.94. The van der Waals surface area contributed by atoms with Crippen molar-refractivity contribution in [2.75, 3.05) is 54.6 Å². The molecule has 0 atom stereocenters. The van der Waals surface area contributed by atoms with E-state index in [1.807, 2.05) is 42.4 Å². The summed E-state index contributed by atoms with van der Waals surface area (Å²) >= 11 is 0. The lowest BCUT2D eigenvalue weighted by Gasteiger charge is -2.32. The predicted octanol–water partition coefficient (Wildman–Crippen LogP) is 3.01. The van der Waals surface area contributed by atoms with Gasteiger partial charge in [-0.25, -0.2) is 9.80 Å². The van der Waals surface area contributed by atoms with Crippen molar-refractivity contribution in [2.45, 2.75) is 6.92 Å². The molecule has 1 aliphatic rings. The zero-order valence-corrected chi connectivity index (χ0v) is 21.0. The van der Waals surface area contributed by atoms with Crippen LogP contribution in [0.15, 0.2) is 59.7 Å². The van der Waals surface area contributed by atoms with E-state index in [2.05, 4.69) is 10.3 Å². The van der Waals surface area contributed by atoms with Crippen LogP contribution in [0.4, 0.5) is 0 Å². The zero-order chi connectivity index (χ0) is 25.4. The van der Waals surface area contributed by atoms with Crippen molar-refractivity contribution < 1.29 is 23.8 Å².